The zero-order valence-corrected chi connectivity index (χ0v) is 10.5. The lowest BCUT2D eigenvalue weighted by atomic mass is 10.2. The van der Waals surface area contributed by atoms with E-state index in [9.17, 15) is 0 Å². The second-order valence-corrected chi connectivity index (χ2v) is 4.39. The highest BCUT2D eigenvalue weighted by molar-refractivity contribution is 7.98. The van der Waals surface area contributed by atoms with Gasteiger partial charge in [-0.2, -0.15) is 0 Å². The standard InChI is InChI=1S/C11H15NOS2/c1-3-8(11(12)14)13-9-6-4-5-7-10(9)15-2/h4-8H,3H2,1-2H3,(H2,12,14). The molecule has 0 radical (unpaired) electrons. The number of para-hydroxylation sites is 1. The summed E-state index contributed by atoms with van der Waals surface area (Å²) < 4.78 is 5.76. The van der Waals surface area contributed by atoms with Crippen LogP contribution in [-0.4, -0.2) is 17.3 Å². The first kappa shape index (κ1) is 12.3. The van der Waals surface area contributed by atoms with Gasteiger partial charge in [0.1, 0.15) is 16.8 Å². The van der Waals surface area contributed by atoms with Crippen LogP contribution in [0.4, 0.5) is 0 Å². The van der Waals surface area contributed by atoms with Crippen molar-refractivity contribution in [2.45, 2.75) is 24.3 Å². The van der Waals surface area contributed by atoms with Crippen molar-refractivity contribution in [3.8, 4) is 5.75 Å². The maximum atomic E-state index is 5.76. The average Bonchev–Trinajstić information content (AvgIpc) is 2.25. The Hall–Kier alpha value is -0.740. The van der Waals surface area contributed by atoms with Crippen molar-refractivity contribution >= 4 is 29.0 Å². The Bertz CT molecular complexity index is 341. The van der Waals surface area contributed by atoms with Gasteiger partial charge in [0.25, 0.3) is 0 Å². The van der Waals surface area contributed by atoms with Gasteiger partial charge < -0.3 is 10.5 Å². The summed E-state index contributed by atoms with van der Waals surface area (Å²) in [7, 11) is 0. The van der Waals surface area contributed by atoms with Crippen molar-refractivity contribution in [1.82, 2.24) is 0 Å². The predicted molar refractivity (Wildman–Crippen MR) is 69.7 cm³/mol. The number of benzene rings is 1. The lowest BCUT2D eigenvalue weighted by molar-refractivity contribution is 0.258. The summed E-state index contributed by atoms with van der Waals surface area (Å²) in [5.41, 5.74) is 5.59. The second kappa shape index (κ2) is 5.98. The van der Waals surface area contributed by atoms with Crippen LogP contribution in [0.3, 0.4) is 0 Å². The molecule has 0 aliphatic carbocycles. The zero-order valence-electron chi connectivity index (χ0n) is 8.90. The van der Waals surface area contributed by atoms with Crippen LogP contribution in [0.5, 0.6) is 5.75 Å². The Morgan fingerprint density at radius 2 is 2.20 bits per heavy atom. The number of thioether (sulfide) groups is 1. The molecule has 0 aromatic heterocycles. The second-order valence-electron chi connectivity index (χ2n) is 3.07. The van der Waals surface area contributed by atoms with Gasteiger partial charge in [-0.3, -0.25) is 0 Å². The highest BCUT2D eigenvalue weighted by atomic mass is 32.2. The molecule has 0 bridgehead atoms. The number of ether oxygens (including phenoxy) is 1. The molecule has 0 spiro atoms. The van der Waals surface area contributed by atoms with Crippen LogP contribution >= 0.6 is 24.0 Å². The normalized spacial score (nSPS) is 12.1. The van der Waals surface area contributed by atoms with E-state index in [1.165, 1.54) is 0 Å². The maximum Gasteiger partial charge on any atom is 0.148 e. The lowest BCUT2D eigenvalue weighted by Gasteiger charge is -2.17. The van der Waals surface area contributed by atoms with Gasteiger partial charge in [-0.15, -0.1) is 11.8 Å². The summed E-state index contributed by atoms with van der Waals surface area (Å²) >= 11 is 6.59. The number of nitrogens with two attached hydrogens (primary N) is 1. The van der Waals surface area contributed by atoms with Crippen molar-refractivity contribution in [2.24, 2.45) is 5.73 Å². The molecule has 4 heteroatoms. The van der Waals surface area contributed by atoms with E-state index < -0.39 is 0 Å². The fourth-order valence-electron chi connectivity index (χ4n) is 1.21. The smallest absolute Gasteiger partial charge is 0.148 e. The minimum Gasteiger partial charge on any atom is -0.482 e. The van der Waals surface area contributed by atoms with Crippen molar-refractivity contribution in [2.75, 3.05) is 6.26 Å². The van der Waals surface area contributed by atoms with E-state index in [0.717, 1.165) is 17.1 Å². The molecular formula is C11H15NOS2. The number of hydrogen-bond acceptors (Lipinski definition) is 3. The van der Waals surface area contributed by atoms with Crippen LogP contribution in [0.25, 0.3) is 0 Å². The molecule has 0 aliphatic heterocycles. The van der Waals surface area contributed by atoms with Crippen molar-refractivity contribution in [3.63, 3.8) is 0 Å². The Labute approximate surface area is 100 Å². The third kappa shape index (κ3) is 3.39. The van der Waals surface area contributed by atoms with E-state index in [-0.39, 0.29) is 6.10 Å². The molecule has 0 amide bonds. The van der Waals surface area contributed by atoms with Gasteiger partial charge in [0, 0.05) is 4.90 Å². The third-order valence-electron chi connectivity index (χ3n) is 2.03. The Kier molecular flexibility index (Phi) is 4.91. The topological polar surface area (TPSA) is 35.2 Å². The summed E-state index contributed by atoms with van der Waals surface area (Å²) in [6, 6.07) is 7.89. The molecule has 1 aromatic rings. The van der Waals surface area contributed by atoms with Crippen molar-refractivity contribution in [3.05, 3.63) is 24.3 Å². The summed E-state index contributed by atoms with van der Waals surface area (Å²) in [4.78, 5) is 1.51. The van der Waals surface area contributed by atoms with Gasteiger partial charge in [0.15, 0.2) is 0 Å². The highest BCUT2D eigenvalue weighted by Gasteiger charge is 2.12. The van der Waals surface area contributed by atoms with Crippen LogP contribution < -0.4 is 10.5 Å². The molecule has 1 unspecified atom stereocenters. The van der Waals surface area contributed by atoms with E-state index in [0.29, 0.717) is 4.99 Å². The Balaban J connectivity index is 2.82. The molecule has 2 N–H and O–H groups in total. The monoisotopic (exact) mass is 241 g/mol. The zero-order chi connectivity index (χ0) is 11.3. The van der Waals surface area contributed by atoms with Crippen LogP contribution in [0, 0.1) is 0 Å². The first-order valence-corrected chi connectivity index (χ1v) is 6.41. The van der Waals surface area contributed by atoms with Crippen molar-refractivity contribution in [1.29, 1.82) is 0 Å². The lowest BCUT2D eigenvalue weighted by Crippen LogP contribution is -2.31. The van der Waals surface area contributed by atoms with E-state index >= 15 is 0 Å². The molecule has 15 heavy (non-hydrogen) atoms. The molecule has 2 nitrogen and oxygen atoms in total. The molecule has 1 atom stereocenters. The minimum absolute atomic E-state index is 0.173. The summed E-state index contributed by atoms with van der Waals surface area (Å²) in [6.45, 7) is 2.01. The van der Waals surface area contributed by atoms with Gasteiger partial charge in [0.2, 0.25) is 0 Å². The molecule has 0 saturated heterocycles. The van der Waals surface area contributed by atoms with Gasteiger partial charge in [-0.1, -0.05) is 31.3 Å². The SMILES string of the molecule is CCC(Oc1ccccc1SC)C(N)=S. The molecule has 0 heterocycles. The summed E-state index contributed by atoms with van der Waals surface area (Å²) in [5.74, 6) is 0.852. The molecule has 0 saturated carbocycles. The van der Waals surface area contributed by atoms with Gasteiger partial charge >= 0.3 is 0 Å². The summed E-state index contributed by atoms with van der Waals surface area (Å²) in [6.07, 6.45) is 2.63. The van der Waals surface area contributed by atoms with Crippen LogP contribution in [0.1, 0.15) is 13.3 Å². The first-order chi connectivity index (χ1) is 7.19. The molecule has 0 aliphatic rings. The molecule has 1 aromatic carbocycles. The van der Waals surface area contributed by atoms with Crippen LogP contribution in [0.2, 0.25) is 0 Å². The van der Waals surface area contributed by atoms with E-state index in [2.05, 4.69) is 0 Å². The number of rotatable bonds is 5. The Morgan fingerprint density at radius 1 is 1.53 bits per heavy atom. The quantitative estimate of drug-likeness (QED) is 0.635. The fourth-order valence-corrected chi connectivity index (χ4v) is 1.96. The average molecular weight is 241 g/mol. The van der Waals surface area contributed by atoms with Gasteiger partial charge in [-0.25, -0.2) is 0 Å². The van der Waals surface area contributed by atoms with E-state index in [4.69, 9.17) is 22.7 Å². The molecule has 82 valence electrons. The Morgan fingerprint density at radius 3 is 2.73 bits per heavy atom. The van der Waals surface area contributed by atoms with Gasteiger partial charge in [-0.05, 0) is 24.8 Å². The van der Waals surface area contributed by atoms with E-state index in [1.807, 2.05) is 37.4 Å². The fraction of sp³-hybridized carbons (Fsp3) is 0.364. The molecular weight excluding hydrogens is 226 g/mol. The number of thiocarbonyl (C=S) groups is 1. The van der Waals surface area contributed by atoms with Crippen molar-refractivity contribution < 1.29 is 4.74 Å². The van der Waals surface area contributed by atoms with Crippen LogP contribution in [0.15, 0.2) is 29.2 Å². The van der Waals surface area contributed by atoms with Gasteiger partial charge in [0.05, 0.1) is 0 Å². The molecule has 1 rings (SSSR count). The maximum absolute atomic E-state index is 5.76. The minimum atomic E-state index is -0.173. The molecule has 0 fully saturated rings. The predicted octanol–water partition coefficient (Wildman–Crippen LogP) is 2.85. The highest BCUT2D eigenvalue weighted by Crippen LogP contribution is 2.28. The van der Waals surface area contributed by atoms with E-state index in [1.54, 1.807) is 11.8 Å². The third-order valence-corrected chi connectivity index (χ3v) is 3.07. The summed E-state index contributed by atoms with van der Waals surface area (Å²) in [5, 5.41) is 0. The first-order valence-electron chi connectivity index (χ1n) is 4.78. The number of hydrogen-bond donors (Lipinski definition) is 1. The van der Waals surface area contributed by atoms with Crippen LogP contribution in [-0.2, 0) is 0 Å². The largest absolute Gasteiger partial charge is 0.482 e.